The fourth-order valence-corrected chi connectivity index (χ4v) is 1.77. The van der Waals surface area contributed by atoms with Crippen molar-refractivity contribution in [3.05, 3.63) is 21.9 Å². The van der Waals surface area contributed by atoms with Crippen molar-refractivity contribution in [2.45, 2.75) is 20.3 Å². The van der Waals surface area contributed by atoms with Gasteiger partial charge in [-0.25, -0.2) is 0 Å². The van der Waals surface area contributed by atoms with E-state index in [4.69, 9.17) is 0 Å². The summed E-state index contributed by atoms with van der Waals surface area (Å²) in [4.78, 5) is 12.2. The van der Waals surface area contributed by atoms with Crippen LogP contribution in [0.5, 0.6) is 0 Å². The largest absolute Gasteiger partial charge is 0.351 e. The van der Waals surface area contributed by atoms with Gasteiger partial charge in [0.15, 0.2) is 0 Å². The van der Waals surface area contributed by atoms with E-state index in [-0.39, 0.29) is 5.91 Å². The Morgan fingerprint density at radius 3 is 2.92 bits per heavy atom. The van der Waals surface area contributed by atoms with Crippen LogP contribution in [0.1, 0.15) is 28.6 Å². The molecule has 0 aliphatic rings. The van der Waals surface area contributed by atoms with E-state index in [1.54, 1.807) is 0 Å². The third kappa shape index (κ3) is 2.08. The smallest absolute Gasteiger partial charge is 0.261 e. The van der Waals surface area contributed by atoms with Gasteiger partial charge >= 0.3 is 0 Å². The number of hydrogen-bond acceptors (Lipinski definition) is 2. The van der Waals surface area contributed by atoms with Crippen LogP contribution in [-0.2, 0) is 0 Å². The molecule has 1 aromatic heterocycles. The van der Waals surface area contributed by atoms with Crippen LogP contribution < -0.4 is 5.32 Å². The van der Waals surface area contributed by atoms with Gasteiger partial charge in [0.2, 0.25) is 0 Å². The first-order chi connectivity index (χ1) is 5.75. The molecule has 0 aliphatic heterocycles. The Hall–Kier alpha value is -0.830. The lowest BCUT2D eigenvalue weighted by Crippen LogP contribution is -2.23. The summed E-state index contributed by atoms with van der Waals surface area (Å²) in [7, 11) is 0. The van der Waals surface area contributed by atoms with E-state index in [0.29, 0.717) is 0 Å². The van der Waals surface area contributed by atoms with Crippen LogP contribution in [0.15, 0.2) is 11.4 Å². The molecule has 1 aromatic rings. The number of thiophene rings is 1. The molecule has 0 saturated carbocycles. The standard InChI is InChI=1S/C9H13NOS/c1-3-5-10-9(11)8-7(2)4-6-12-8/h4,6H,3,5H2,1-2H3,(H,10,11). The molecule has 66 valence electrons. The molecule has 1 amide bonds. The maximum atomic E-state index is 11.4. The Morgan fingerprint density at radius 1 is 1.67 bits per heavy atom. The van der Waals surface area contributed by atoms with E-state index in [9.17, 15) is 4.79 Å². The number of nitrogens with one attached hydrogen (secondary N) is 1. The first-order valence-corrected chi connectivity index (χ1v) is 4.96. The number of aryl methyl sites for hydroxylation is 1. The Morgan fingerprint density at radius 2 is 2.42 bits per heavy atom. The summed E-state index contributed by atoms with van der Waals surface area (Å²) in [5, 5.41) is 4.79. The van der Waals surface area contributed by atoms with Crippen LogP contribution >= 0.6 is 11.3 Å². The minimum atomic E-state index is 0.0596. The van der Waals surface area contributed by atoms with Gasteiger partial charge in [-0.1, -0.05) is 6.92 Å². The number of carbonyl (C=O) groups is 1. The van der Waals surface area contributed by atoms with Gasteiger partial charge in [0.1, 0.15) is 0 Å². The maximum absolute atomic E-state index is 11.4. The highest BCUT2D eigenvalue weighted by Gasteiger charge is 2.08. The molecule has 0 radical (unpaired) electrons. The summed E-state index contributed by atoms with van der Waals surface area (Å²) >= 11 is 1.50. The number of rotatable bonds is 3. The van der Waals surface area contributed by atoms with Gasteiger partial charge in [0.25, 0.3) is 5.91 Å². The SMILES string of the molecule is CCCNC(=O)c1sccc1C. The number of amides is 1. The highest BCUT2D eigenvalue weighted by atomic mass is 32.1. The second-order valence-electron chi connectivity index (χ2n) is 2.69. The second-order valence-corrected chi connectivity index (χ2v) is 3.60. The Bertz CT molecular complexity index is 267. The average molecular weight is 183 g/mol. The van der Waals surface area contributed by atoms with Crippen LogP contribution in [0.2, 0.25) is 0 Å². The van der Waals surface area contributed by atoms with E-state index in [0.717, 1.165) is 23.4 Å². The third-order valence-corrected chi connectivity index (χ3v) is 2.62. The van der Waals surface area contributed by atoms with Crippen molar-refractivity contribution in [1.82, 2.24) is 5.32 Å². The zero-order valence-electron chi connectivity index (χ0n) is 7.39. The molecule has 2 nitrogen and oxygen atoms in total. The fourth-order valence-electron chi connectivity index (χ4n) is 0.924. The minimum Gasteiger partial charge on any atom is -0.351 e. The first kappa shape index (κ1) is 9.26. The molecule has 0 atom stereocenters. The lowest BCUT2D eigenvalue weighted by Gasteiger charge is -2.00. The van der Waals surface area contributed by atoms with Crippen LogP contribution in [0.25, 0.3) is 0 Å². The molecular formula is C9H13NOS. The molecule has 0 bridgehead atoms. The molecule has 1 rings (SSSR count). The molecule has 0 spiro atoms. The lowest BCUT2D eigenvalue weighted by molar-refractivity contribution is 0.0957. The average Bonchev–Trinajstić information content (AvgIpc) is 2.47. The summed E-state index contributed by atoms with van der Waals surface area (Å²) < 4.78 is 0. The molecule has 0 aromatic carbocycles. The molecule has 1 heterocycles. The topological polar surface area (TPSA) is 29.1 Å². The lowest BCUT2D eigenvalue weighted by atomic mass is 10.3. The first-order valence-electron chi connectivity index (χ1n) is 4.08. The van der Waals surface area contributed by atoms with Crippen molar-refractivity contribution in [1.29, 1.82) is 0 Å². The predicted octanol–water partition coefficient (Wildman–Crippen LogP) is 2.20. The zero-order valence-corrected chi connectivity index (χ0v) is 8.20. The summed E-state index contributed by atoms with van der Waals surface area (Å²) in [6.07, 6.45) is 0.982. The van der Waals surface area contributed by atoms with Gasteiger partial charge < -0.3 is 5.32 Å². The second kappa shape index (κ2) is 4.26. The molecule has 0 unspecified atom stereocenters. The maximum Gasteiger partial charge on any atom is 0.261 e. The Balaban J connectivity index is 2.59. The molecule has 0 fully saturated rings. The van der Waals surface area contributed by atoms with E-state index in [2.05, 4.69) is 5.32 Å². The van der Waals surface area contributed by atoms with E-state index in [1.807, 2.05) is 25.3 Å². The normalized spacial score (nSPS) is 9.83. The van der Waals surface area contributed by atoms with Crippen molar-refractivity contribution in [3.63, 3.8) is 0 Å². The van der Waals surface area contributed by atoms with E-state index >= 15 is 0 Å². The third-order valence-electron chi connectivity index (χ3n) is 1.60. The van der Waals surface area contributed by atoms with Crippen molar-refractivity contribution in [3.8, 4) is 0 Å². The fraction of sp³-hybridized carbons (Fsp3) is 0.444. The number of hydrogen-bond donors (Lipinski definition) is 1. The van der Waals surface area contributed by atoms with Crippen LogP contribution in [0.4, 0.5) is 0 Å². The molecule has 12 heavy (non-hydrogen) atoms. The van der Waals surface area contributed by atoms with Gasteiger partial charge in [-0.2, -0.15) is 0 Å². The molecule has 3 heteroatoms. The highest BCUT2D eigenvalue weighted by Crippen LogP contribution is 2.14. The van der Waals surface area contributed by atoms with Crippen molar-refractivity contribution >= 4 is 17.2 Å². The van der Waals surface area contributed by atoms with E-state index < -0.39 is 0 Å². The molecule has 0 saturated heterocycles. The number of carbonyl (C=O) groups excluding carboxylic acids is 1. The van der Waals surface area contributed by atoms with Gasteiger partial charge in [0, 0.05) is 6.54 Å². The van der Waals surface area contributed by atoms with Crippen molar-refractivity contribution < 1.29 is 4.79 Å². The quantitative estimate of drug-likeness (QED) is 0.764. The van der Waals surface area contributed by atoms with Gasteiger partial charge in [-0.15, -0.1) is 11.3 Å². The Labute approximate surface area is 76.6 Å². The zero-order chi connectivity index (χ0) is 8.97. The molecule has 0 aliphatic carbocycles. The summed E-state index contributed by atoms with van der Waals surface area (Å²) in [6.45, 7) is 4.76. The van der Waals surface area contributed by atoms with Gasteiger partial charge in [-0.3, -0.25) is 4.79 Å². The summed E-state index contributed by atoms with van der Waals surface area (Å²) in [5.74, 6) is 0.0596. The molecule has 1 N–H and O–H groups in total. The van der Waals surface area contributed by atoms with Gasteiger partial charge in [0.05, 0.1) is 4.88 Å². The van der Waals surface area contributed by atoms with Crippen molar-refractivity contribution in [2.24, 2.45) is 0 Å². The van der Waals surface area contributed by atoms with Crippen LogP contribution in [0, 0.1) is 6.92 Å². The van der Waals surface area contributed by atoms with Crippen LogP contribution in [-0.4, -0.2) is 12.5 Å². The minimum absolute atomic E-state index is 0.0596. The summed E-state index contributed by atoms with van der Waals surface area (Å²) in [6, 6.07) is 1.96. The monoisotopic (exact) mass is 183 g/mol. The summed E-state index contributed by atoms with van der Waals surface area (Å²) in [5.41, 5.74) is 1.06. The molecular weight excluding hydrogens is 170 g/mol. The van der Waals surface area contributed by atoms with Crippen molar-refractivity contribution in [2.75, 3.05) is 6.54 Å². The predicted molar refractivity (Wildman–Crippen MR) is 51.7 cm³/mol. The highest BCUT2D eigenvalue weighted by molar-refractivity contribution is 7.12. The van der Waals surface area contributed by atoms with Gasteiger partial charge in [-0.05, 0) is 30.4 Å². The van der Waals surface area contributed by atoms with E-state index in [1.165, 1.54) is 11.3 Å². The Kier molecular flexibility index (Phi) is 3.29. The van der Waals surface area contributed by atoms with Crippen LogP contribution in [0.3, 0.4) is 0 Å².